The van der Waals surface area contributed by atoms with E-state index in [9.17, 15) is 0 Å². The van der Waals surface area contributed by atoms with Crippen LogP contribution in [0.15, 0.2) is 18.2 Å². The first kappa shape index (κ1) is 14.8. The Morgan fingerprint density at radius 2 is 2.00 bits per heavy atom. The SMILES string of the molecule is CC(C)CCC(C)n1nnnc1-c1ccc(N)cc1Cl. The van der Waals surface area contributed by atoms with Crippen LogP contribution in [0.25, 0.3) is 11.4 Å². The minimum atomic E-state index is 0.232. The van der Waals surface area contributed by atoms with Crippen LogP contribution >= 0.6 is 11.6 Å². The molecule has 0 fully saturated rings. The number of benzene rings is 1. The van der Waals surface area contributed by atoms with Crippen LogP contribution in [0.5, 0.6) is 0 Å². The van der Waals surface area contributed by atoms with E-state index in [2.05, 4.69) is 36.3 Å². The lowest BCUT2D eigenvalue weighted by atomic mass is 10.0. The molecule has 108 valence electrons. The van der Waals surface area contributed by atoms with Gasteiger partial charge in [-0.15, -0.1) is 5.10 Å². The Bertz CT molecular complexity index is 579. The molecule has 6 heteroatoms. The fourth-order valence-corrected chi connectivity index (χ4v) is 2.35. The van der Waals surface area contributed by atoms with Crippen molar-refractivity contribution in [1.29, 1.82) is 0 Å². The molecule has 0 bridgehead atoms. The highest BCUT2D eigenvalue weighted by Crippen LogP contribution is 2.29. The van der Waals surface area contributed by atoms with E-state index in [0.717, 1.165) is 18.4 Å². The Hall–Kier alpha value is -1.62. The van der Waals surface area contributed by atoms with Crippen molar-refractivity contribution in [1.82, 2.24) is 20.2 Å². The molecule has 0 aliphatic heterocycles. The number of hydrogen-bond acceptors (Lipinski definition) is 4. The summed E-state index contributed by atoms with van der Waals surface area (Å²) in [5, 5.41) is 12.6. The molecule has 5 nitrogen and oxygen atoms in total. The van der Waals surface area contributed by atoms with Crippen molar-refractivity contribution in [3.63, 3.8) is 0 Å². The first-order chi connectivity index (χ1) is 9.49. The molecule has 0 saturated carbocycles. The van der Waals surface area contributed by atoms with Crippen LogP contribution in [-0.4, -0.2) is 20.2 Å². The number of anilines is 1. The first-order valence-corrected chi connectivity index (χ1v) is 7.20. The molecule has 1 unspecified atom stereocenters. The molecule has 1 atom stereocenters. The number of halogens is 1. The Labute approximate surface area is 124 Å². The molecule has 0 amide bonds. The van der Waals surface area contributed by atoms with Gasteiger partial charge >= 0.3 is 0 Å². The highest BCUT2D eigenvalue weighted by molar-refractivity contribution is 6.33. The third-order valence-corrected chi connectivity index (χ3v) is 3.62. The summed E-state index contributed by atoms with van der Waals surface area (Å²) in [7, 11) is 0. The summed E-state index contributed by atoms with van der Waals surface area (Å²) >= 11 is 6.24. The minimum Gasteiger partial charge on any atom is -0.399 e. The van der Waals surface area contributed by atoms with Crippen molar-refractivity contribution < 1.29 is 0 Å². The molecule has 20 heavy (non-hydrogen) atoms. The maximum atomic E-state index is 6.24. The van der Waals surface area contributed by atoms with E-state index in [1.54, 1.807) is 12.1 Å². The highest BCUT2D eigenvalue weighted by Gasteiger charge is 2.17. The summed E-state index contributed by atoms with van der Waals surface area (Å²) in [4.78, 5) is 0. The van der Waals surface area contributed by atoms with Gasteiger partial charge in [-0.05, 0) is 54.3 Å². The van der Waals surface area contributed by atoms with Gasteiger partial charge in [0.1, 0.15) is 0 Å². The maximum Gasteiger partial charge on any atom is 0.183 e. The third kappa shape index (κ3) is 3.28. The highest BCUT2D eigenvalue weighted by atomic mass is 35.5. The molecule has 1 aromatic carbocycles. The van der Waals surface area contributed by atoms with E-state index in [1.807, 2.05) is 10.7 Å². The number of rotatable bonds is 5. The monoisotopic (exact) mass is 293 g/mol. The van der Waals surface area contributed by atoms with E-state index in [0.29, 0.717) is 22.5 Å². The minimum absolute atomic E-state index is 0.232. The second-order valence-electron chi connectivity index (χ2n) is 5.51. The number of nitrogens with two attached hydrogens (primary N) is 1. The molecule has 0 saturated heterocycles. The molecule has 0 aliphatic carbocycles. The van der Waals surface area contributed by atoms with Gasteiger partial charge in [0, 0.05) is 11.3 Å². The van der Waals surface area contributed by atoms with Crippen LogP contribution in [0.3, 0.4) is 0 Å². The van der Waals surface area contributed by atoms with Crippen LogP contribution in [0.4, 0.5) is 5.69 Å². The summed E-state index contributed by atoms with van der Waals surface area (Å²) in [6.07, 6.45) is 2.16. The van der Waals surface area contributed by atoms with Crippen LogP contribution in [0, 0.1) is 5.92 Å². The predicted octanol–water partition coefficient (Wildman–Crippen LogP) is 3.57. The van der Waals surface area contributed by atoms with Gasteiger partial charge in [0.2, 0.25) is 0 Å². The zero-order valence-electron chi connectivity index (χ0n) is 12.0. The third-order valence-electron chi connectivity index (χ3n) is 3.31. The molecule has 0 spiro atoms. The van der Waals surface area contributed by atoms with E-state index < -0.39 is 0 Å². The molecule has 0 aliphatic rings. The molecule has 1 aromatic heterocycles. The Kier molecular flexibility index (Phi) is 4.60. The number of tetrazole rings is 1. The zero-order chi connectivity index (χ0) is 14.7. The number of hydrogen-bond donors (Lipinski definition) is 1. The van der Waals surface area contributed by atoms with Crippen molar-refractivity contribution in [2.45, 2.75) is 39.7 Å². The lowest BCUT2D eigenvalue weighted by molar-refractivity contribution is 0.406. The van der Waals surface area contributed by atoms with Gasteiger partial charge in [0.25, 0.3) is 0 Å². The second kappa shape index (κ2) is 6.22. The lowest BCUT2D eigenvalue weighted by Gasteiger charge is -2.15. The molecular formula is C14H20ClN5. The zero-order valence-corrected chi connectivity index (χ0v) is 12.8. The second-order valence-corrected chi connectivity index (χ2v) is 5.91. The smallest absolute Gasteiger partial charge is 0.183 e. The normalized spacial score (nSPS) is 12.8. The van der Waals surface area contributed by atoms with E-state index in [-0.39, 0.29) is 6.04 Å². The van der Waals surface area contributed by atoms with Crippen LogP contribution < -0.4 is 5.73 Å². The molecule has 2 rings (SSSR count). The maximum absolute atomic E-state index is 6.24. The molecule has 2 N–H and O–H groups in total. The van der Waals surface area contributed by atoms with Crippen molar-refractivity contribution in [3.8, 4) is 11.4 Å². The van der Waals surface area contributed by atoms with E-state index in [1.165, 1.54) is 0 Å². The van der Waals surface area contributed by atoms with Gasteiger partial charge in [0.15, 0.2) is 5.82 Å². The van der Waals surface area contributed by atoms with Gasteiger partial charge in [0.05, 0.1) is 11.1 Å². The Balaban J connectivity index is 2.28. The van der Waals surface area contributed by atoms with Crippen LogP contribution in [-0.2, 0) is 0 Å². The Morgan fingerprint density at radius 3 is 2.65 bits per heavy atom. The molecular weight excluding hydrogens is 274 g/mol. The number of nitrogens with zero attached hydrogens (tertiary/aromatic N) is 4. The molecule has 0 radical (unpaired) electrons. The standard InChI is InChI=1S/C14H20ClN5/c1-9(2)4-5-10(3)20-14(17-18-19-20)12-7-6-11(16)8-13(12)15/h6-10H,4-5,16H2,1-3H3. The van der Waals surface area contributed by atoms with Crippen molar-refractivity contribution >= 4 is 17.3 Å². The van der Waals surface area contributed by atoms with Gasteiger partial charge < -0.3 is 5.73 Å². The first-order valence-electron chi connectivity index (χ1n) is 6.82. The van der Waals surface area contributed by atoms with Gasteiger partial charge in [-0.1, -0.05) is 25.4 Å². The quantitative estimate of drug-likeness (QED) is 0.856. The van der Waals surface area contributed by atoms with Gasteiger partial charge in [-0.3, -0.25) is 0 Å². The summed E-state index contributed by atoms with van der Waals surface area (Å²) in [5.74, 6) is 1.35. The summed E-state index contributed by atoms with van der Waals surface area (Å²) in [6, 6.07) is 5.61. The van der Waals surface area contributed by atoms with E-state index >= 15 is 0 Å². The lowest BCUT2D eigenvalue weighted by Crippen LogP contribution is -2.10. The van der Waals surface area contributed by atoms with Crippen LogP contribution in [0.2, 0.25) is 5.02 Å². The molecule has 2 aromatic rings. The summed E-state index contributed by atoms with van der Waals surface area (Å²) in [6.45, 7) is 6.54. The Morgan fingerprint density at radius 1 is 1.25 bits per heavy atom. The van der Waals surface area contributed by atoms with Crippen LogP contribution in [0.1, 0.15) is 39.7 Å². The molecule has 1 heterocycles. The fraction of sp³-hybridized carbons (Fsp3) is 0.500. The van der Waals surface area contributed by atoms with E-state index in [4.69, 9.17) is 17.3 Å². The fourth-order valence-electron chi connectivity index (χ4n) is 2.08. The summed E-state index contributed by atoms with van der Waals surface area (Å²) < 4.78 is 1.83. The van der Waals surface area contributed by atoms with Gasteiger partial charge in [-0.25, -0.2) is 4.68 Å². The van der Waals surface area contributed by atoms with Gasteiger partial charge in [-0.2, -0.15) is 0 Å². The predicted molar refractivity (Wildman–Crippen MR) is 81.5 cm³/mol. The van der Waals surface area contributed by atoms with Crippen molar-refractivity contribution in [2.75, 3.05) is 5.73 Å². The van der Waals surface area contributed by atoms with Crippen molar-refractivity contribution in [2.24, 2.45) is 5.92 Å². The van der Waals surface area contributed by atoms with Crippen molar-refractivity contribution in [3.05, 3.63) is 23.2 Å². The number of aromatic nitrogens is 4. The average Bonchev–Trinajstić information content (AvgIpc) is 2.85. The largest absolute Gasteiger partial charge is 0.399 e. The topological polar surface area (TPSA) is 69.6 Å². The number of nitrogen functional groups attached to an aromatic ring is 1. The average molecular weight is 294 g/mol. The summed E-state index contributed by atoms with van der Waals surface area (Å²) in [5.41, 5.74) is 7.15.